The van der Waals surface area contributed by atoms with Gasteiger partial charge in [-0.3, -0.25) is 4.79 Å². The third-order valence-corrected chi connectivity index (χ3v) is 7.07. The topological polar surface area (TPSA) is 68.0 Å². The van der Waals surface area contributed by atoms with Gasteiger partial charge in [0, 0.05) is 19.4 Å². The number of aryl methyl sites for hydroxylation is 2. The molecule has 0 unspecified atom stereocenters. The number of carbonyl (C=O) groups excluding carboxylic acids is 1. The molecule has 3 rings (SSSR count). The van der Waals surface area contributed by atoms with Crippen LogP contribution < -0.4 is 0 Å². The van der Waals surface area contributed by atoms with E-state index in [0.717, 1.165) is 47.1 Å². The second-order valence-corrected chi connectivity index (χ2v) is 10.5. The zero-order valence-electron chi connectivity index (χ0n) is 21.1. The van der Waals surface area contributed by atoms with Gasteiger partial charge >= 0.3 is 0 Å². The summed E-state index contributed by atoms with van der Waals surface area (Å²) in [6, 6.07) is 12.6. The normalized spacial score (nSPS) is 12.5. The molecule has 0 atom stereocenters. The van der Waals surface area contributed by atoms with Crippen molar-refractivity contribution in [3.05, 3.63) is 53.1 Å². The number of aromatic nitrogens is 3. The Labute approximate surface area is 198 Å². The highest BCUT2D eigenvalue weighted by atomic mass is 16.3. The summed E-state index contributed by atoms with van der Waals surface area (Å²) < 4.78 is 0. The molecule has 0 bridgehead atoms. The Morgan fingerprint density at radius 1 is 0.970 bits per heavy atom. The predicted octanol–water partition coefficient (Wildman–Crippen LogP) is 6.11. The molecule has 0 fully saturated rings. The van der Waals surface area contributed by atoms with E-state index < -0.39 is 0 Å². The molecule has 0 saturated heterocycles. The first kappa shape index (κ1) is 25.1. The standard InChI is InChI=1S/C28H39N3O2/c1-7-28(8-2,19-32)14-13-24(33)11-10-21-16-22(27(4,5)6)18-23(17-21)31-29-25-12-9-20(3)15-26(25)30-31/h9,12,15-18,32H,7-8,10-11,13-14,19H2,1-6H3. The number of hydrogen-bond donors (Lipinski definition) is 1. The van der Waals surface area contributed by atoms with Crippen LogP contribution in [-0.2, 0) is 16.6 Å². The van der Waals surface area contributed by atoms with Gasteiger partial charge in [-0.2, -0.15) is 4.80 Å². The summed E-state index contributed by atoms with van der Waals surface area (Å²) in [7, 11) is 0. The van der Waals surface area contributed by atoms with E-state index in [0.29, 0.717) is 19.3 Å². The molecular weight excluding hydrogens is 410 g/mol. The molecule has 5 heteroatoms. The highest BCUT2D eigenvalue weighted by molar-refractivity contribution is 5.78. The Hall–Kier alpha value is -2.53. The van der Waals surface area contributed by atoms with Gasteiger partial charge in [-0.1, -0.05) is 46.8 Å². The maximum atomic E-state index is 12.7. The van der Waals surface area contributed by atoms with Crippen molar-refractivity contribution in [1.82, 2.24) is 15.0 Å². The lowest BCUT2D eigenvalue weighted by atomic mass is 9.78. The lowest BCUT2D eigenvalue weighted by Gasteiger charge is -2.29. The van der Waals surface area contributed by atoms with E-state index in [9.17, 15) is 9.90 Å². The van der Waals surface area contributed by atoms with Crippen LogP contribution in [0, 0.1) is 12.3 Å². The van der Waals surface area contributed by atoms with E-state index in [2.05, 4.69) is 64.8 Å². The van der Waals surface area contributed by atoms with Gasteiger partial charge in [0.2, 0.25) is 0 Å². The van der Waals surface area contributed by atoms with E-state index >= 15 is 0 Å². The van der Waals surface area contributed by atoms with Gasteiger partial charge in [0.1, 0.15) is 16.8 Å². The van der Waals surface area contributed by atoms with Crippen molar-refractivity contribution < 1.29 is 9.90 Å². The van der Waals surface area contributed by atoms with Crippen LogP contribution in [0.4, 0.5) is 0 Å². The summed E-state index contributed by atoms with van der Waals surface area (Å²) in [5.41, 5.74) is 6.02. The Kier molecular flexibility index (Phi) is 7.73. The van der Waals surface area contributed by atoms with E-state index in [1.165, 1.54) is 5.56 Å². The van der Waals surface area contributed by atoms with Gasteiger partial charge in [0.05, 0.1) is 5.69 Å². The van der Waals surface area contributed by atoms with Crippen LogP contribution in [0.5, 0.6) is 0 Å². The average Bonchev–Trinajstić information content (AvgIpc) is 3.21. The van der Waals surface area contributed by atoms with Gasteiger partial charge < -0.3 is 5.11 Å². The number of aliphatic hydroxyl groups is 1. The average molecular weight is 450 g/mol. The van der Waals surface area contributed by atoms with Gasteiger partial charge in [-0.25, -0.2) is 0 Å². The number of fused-ring (bicyclic) bond motifs is 1. The van der Waals surface area contributed by atoms with Crippen molar-refractivity contribution in [2.45, 2.75) is 85.5 Å². The van der Waals surface area contributed by atoms with Crippen molar-refractivity contribution in [2.75, 3.05) is 6.61 Å². The first-order valence-electron chi connectivity index (χ1n) is 12.2. The van der Waals surface area contributed by atoms with Gasteiger partial charge in [0.25, 0.3) is 0 Å². The quantitative estimate of drug-likeness (QED) is 0.406. The summed E-state index contributed by atoms with van der Waals surface area (Å²) in [5.74, 6) is 0.260. The molecule has 33 heavy (non-hydrogen) atoms. The highest BCUT2D eigenvalue weighted by Gasteiger charge is 2.26. The first-order chi connectivity index (χ1) is 15.6. The number of aliphatic hydroxyl groups excluding tert-OH is 1. The molecule has 178 valence electrons. The Morgan fingerprint density at radius 2 is 1.67 bits per heavy atom. The van der Waals surface area contributed by atoms with Crippen LogP contribution in [0.1, 0.15) is 83.4 Å². The molecule has 0 aliphatic rings. The molecule has 0 saturated carbocycles. The largest absolute Gasteiger partial charge is 0.396 e. The summed E-state index contributed by atoms with van der Waals surface area (Å²) >= 11 is 0. The minimum Gasteiger partial charge on any atom is -0.396 e. The lowest BCUT2D eigenvalue weighted by Crippen LogP contribution is -2.24. The Balaban J connectivity index is 1.81. The molecule has 0 aliphatic heterocycles. The van der Waals surface area contributed by atoms with Crippen LogP contribution in [0.15, 0.2) is 36.4 Å². The molecule has 5 nitrogen and oxygen atoms in total. The van der Waals surface area contributed by atoms with Crippen LogP contribution in [0.2, 0.25) is 0 Å². The van der Waals surface area contributed by atoms with E-state index in [1.807, 2.05) is 18.2 Å². The van der Waals surface area contributed by atoms with Crippen molar-refractivity contribution in [1.29, 1.82) is 0 Å². The maximum Gasteiger partial charge on any atom is 0.133 e. The smallest absolute Gasteiger partial charge is 0.133 e. The molecule has 1 heterocycles. The first-order valence-corrected chi connectivity index (χ1v) is 12.2. The molecule has 0 radical (unpaired) electrons. The van der Waals surface area contributed by atoms with Crippen LogP contribution >= 0.6 is 0 Å². The van der Waals surface area contributed by atoms with E-state index in [4.69, 9.17) is 5.10 Å². The number of ketones is 1. The monoisotopic (exact) mass is 449 g/mol. The summed E-state index contributed by atoms with van der Waals surface area (Å²) in [6.45, 7) is 13.0. The van der Waals surface area contributed by atoms with E-state index in [1.54, 1.807) is 4.80 Å². The van der Waals surface area contributed by atoms with Gasteiger partial charge in [0.15, 0.2) is 0 Å². The number of carbonyl (C=O) groups is 1. The van der Waals surface area contributed by atoms with Crippen molar-refractivity contribution in [3.63, 3.8) is 0 Å². The molecular formula is C28H39N3O2. The van der Waals surface area contributed by atoms with Crippen LogP contribution in [0.25, 0.3) is 16.7 Å². The Bertz CT molecular complexity index is 1100. The molecule has 0 aliphatic carbocycles. The third kappa shape index (κ3) is 6.08. The van der Waals surface area contributed by atoms with E-state index in [-0.39, 0.29) is 23.2 Å². The summed E-state index contributed by atoms with van der Waals surface area (Å²) in [4.78, 5) is 14.4. The number of benzene rings is 2. The SMILES string of the molecule is CCC(CC)(CO)CCC(=O)CCc1cc(-n2nc3ccc(C)cc3n2)cc(C(C)(C)C)c1. The number of Topliss-reactive ketones (excluding diaryl/α,β-unsaturated/α-hetero) is 1. The van der Waals surface area contributed by atoms with Gasteiger partial charge in [-0.15, -0.1) is 10.2 Å². The van der Waals surface area contributed by atoms with Crippen molar-refractivity contribution in [3.8, 4) is 5.69 Å². The fourth-order valence-electron chi connectivity index (χ4n) is 4.23. The number of hydrogen-bond acceptors (Lipinski definition) is 4. The van der Waals surface area contributed by atoms with Crippen LogP contribution in [-0.4, -0.2) is 32.5 Å². The Morgan fingerprint density at radius 3 is 2.30 bits per heavy atom. The fraction of sp³-hybridized carbons (Fsp3) is 0.536. The minimum absolute atomic E-state index is 0.0269. The van der Waals surface area contributed by atoms with Gasteiger partial charge in [-0.05, 0) is 84.4 Å². The maximum absolute atomic E-state index is 12.7. The predicted molar refractivity (Wildman–Crippen MR) is 135 cm³/mol. The zero-order valence-corrected chi connectivity index (χ0v) is 21.1. The lowest BCUT2D eigenvalue weighted by molar-refractivity contribution is -0.119. The third-order valence-electron chi connectivity index (χ3n) is 7.07. The number of rotatable bonds is 10. The van der Waals surface area contributed by atoms with Crippen molar-refractivity contribution in [2.24, 2.45) is 5.41 Å². The zero-order chi connectivity index (χ0) is 24.2. The van der Waals surface area contributed by atoms with Crippen LogP contribution in [0.3, 0.4) is 0 Å². The number of nitrogens with zero attached hydrogens (tertiary/aromatic N) is 3. The highest BCUT2D eigenvalue weighted by Crippen LogP contribution is 2.32. The molecule has 0 spiro atoms. The molecule has 2 aromatic carbocycles. The molecule has 1 N–H and O–H groups in total. The van der Waals surface area contributed by atoms with Crippen molar-refractivity contribution >= 4 is 16.8 Å². The minimum atomic E-state index is -0.124. The molecule has 1 aromatic heterocycles. The summed E-state index contributed by atoms with van der Waals surface area (Å²) in [5, 5.41) is 19.2. The second kappa shape index (κ2) is 10.2. The fourth-order valence-corrected chi connectivity index (χ4v) is 4.23. The summed E-state index contributed by atoms with van der Waals surface area (Å²) in [6.07, 6.45) is 4.28. The second-order valence-electron chi connectivity index (χ2n) is 10.5. The molecule has 0 amide bonds. The molecule has 3 aromatic rings.